The SMILES string of the molecule is CCc1ccc(-c2nc(CC(=O)N3CCCN(Cc4ccccc4)CC3)cs2)cc1. The summed E-state index contributed by atoms with van der Waals surface area (Å²) in [6, 6.07) is 19.1. The van der Waals surface area contributed by atoms with Crippen LogP contribution >= 0.6 is 11.3 Å². The van der Waals surface area contributed by atoms with Gasteiger partial charge >= 0.3 is 0 Å². The van der Waals surface area contributed by atoms with Gasteiger partial charge in [-0.05, 0) is 24.0 Å². The van der Waals surface area contributed by atoms with Crippen molar-refractivity contribution in [3.8, 4) is 10.6 Å². The van der Waals surface area contributed by atoms with Crippen LogP contribution in [0.1, 0.15) is 30.2 Å². The van der Waals surface area contributed by atoms with Crippen molar-refractivity contribution in [2.75, 3.05) is 26.2 Å². The van der Waals surface area contributed by atoms with E-state index in [0.29, 0.717) is 6.42 Å². The Morgan fingerprint density at radius 3 is 2.53 bits per heavy atom. The van der Waals surface area contributed by atoms with E-state index in [4.69, 9.17) is 4.98 Å². The van der Waals surface area contributed by atoms with Gasteiger partial charge < -0.3 is 4.90 Å². The molecule has 0 aliphatic carbocycles. The molecule has 2 aromatic carbocycles. The highest BCUT2D eigenvalue weighted by Crippen LogP contribution is 2.24. The molecule has 0 N–H and O–H groups in total. The Morgan fingerprint density at radius 1 is 0.967 bits per heavy atom. The highest BCUT2D eigenvalue weighted by Gasteiger charge is 2.20. The summed E-state index contributed by atoms with van der Waals surface area (Å²) in [6.07, 6.45) is 2.45. The van der Waals surface area contributed by atoms with E-state index in [1.54, 1.807) is 11.3 Å². The minimum atomic E-state index is 0.190. The molecule has 2 heterocycles. The summed E-state index contributed by atoms with van der Waals surface area (Å²) < 4.78 is 0. The van der Waals surface area contributed by atoms with Gasteiger partial charge in [0.1, 0.15) is 5.01 Å². The normalized spacial score (nSPS) is 15.2. The largest absolute Gasteiger partial charge is 0.341 e. The topological polar surface area (TPSA) is 36.4 Å². The van der Waals surface area contributed by atoms with Gasteiger partial charge in [-0.15, -0.1) is 11.3 Å². The quantitative estimate of drug-likeness (QED) is 0.584. The van der Waals surface area contributed by atoms with Crippen molar-refractivity contribution in [3.05, 3.63) is 76.8 Å². The van der Waals surface area contributed by atoms with Gasteiger partial charge in [0.2, 0.25) is 5.91 Å². The maximum Gasteiger partial charge on any atom is 0.228 e. The molecule has 1 aromatic heterocycles. The second-order valence-corrected chi connectivity index (χ2v) is 8.73. The lowest BCUT2D eigenvalue weighted by molar-refractivity contribution is -0.130. The molecule has 1 amide bonds. The van der Waals surface area contributed by atoms with Crippen molar-refractivity contribution in [2.24, 2.45) is 0 Å². The van der Waals surface area contributed by atoms with Crippen molar-refractivity contribution in [2.45, 2.75) is 32.7 Å². The van der Waals surface area contributed by atoms with Crippen LogP contribution < -0.4 is 0 Å². The van der Waals surface area contributed by atoms with Gasteiger partial charge in [0.15, 0.2) is 0 Å². The highest BCUT2D eigenvalue weighted by atomic mass is 32.1. The molecular weight excluding hydrogens is 390 g/mol. The smallest absolute Gasteiger partial charge is 0.228 e. The summed E-state index contributed by atoms with van der Waals surface area (Å²) in [5.41, 5.74) is 4.67. The summed E-state index contributed by atoms with van der Waals surface area (Å²) >= 11 is 1.62. The molecule has 5 heteroatoms. The highest BCUT2D eigenvalue weighted by molar-refractivity contribution is 7.13. The maximum atomic E-state index is 12.9. The van der Waals surface area contributed by atoms with E-state index in [1.807, 2.05) is 10.3 Å². The number of benzene rings is 2. The molecule has 0 atom stereocenters. The first-order valence-electron chi connectivity index (χ1n) is 10.8. The summed E-state index contributed by atoms with van der Waals surface area (Å²) in [5.74, 6) is 0.190. The second-order valence-electron chi connectivity index (χ2n) is 7.87. The van der Waals surface area contributed by atoms with Crippen molar-refractivity contribution in [1.82, 2.24) is 14.8 Å². The average Bonchev–Trinajstić information content (AvgIpc) is 3.12. The number of thiazole rings is 1. The maximum absolute atomic E-state index is 12.9. The van der Waals surface area contributed by atoms with E-state index in [1.165, 1.54) is 11.1 Å². The molecule has 3 aromatic rings. The first-order valence-corrected chi connectivity index (χ1v) is 11.7. The standard InChI is InChI=1S/C25H29N3OS/c1-2-20-9-11-22(12-10-20)25-26-23(19-30-25)17-24(29)28-14-6-13-27(15-16-28)18-21-7-4-3-5-8-21/h3-5,7-12,19H,2,6,13-18H2,1H3. The Labute approximate surface area is 183 Å². The van der Waals surface area contributed by atoms with Crippen LogP contribution in [0.3, 0.4) is 0 Å². The molecule has 1 aliphatic rings. The van der Waals surface area contributed by atoms with Crippen LogP contribution in [0.15, 0.2) is 60.0 Å². The molecule has 1 aliphatic heterocycles. The van der Waals surface area contributed by atoms with Crippen molar-refractivity contribution < 1.29 is 4.79 Å². The van der Waals surface area contributed by atoms with Crippen LogP contribution in [-0.2, 0) is 24.2 Å². The molecule has 1 fully saturated rings. The molecule has 4 rings (SSSR count). The molecule has 0 bridgehead atoms. The lowest BCUT2D eigenvalue weighted by Gasteiger charge is -2.22. The predicted molar refractivity (Wildman–Crippen MR) is 124 cm³/mol. The fraction of sp³-hybridized carbons (Fsp3) is 0.360. The third kappa shape index (κ3) is 5.35. The zero-order chi connectivity index (χ0) is 20.8. The van der Waals surface area contributed by atoms with E-state index in [-0.39, 0.29) is 5.91 Å². The summed E-state index contributed by atoms with van der Waals surface area (Å²) in [5, 5.41) is 3.02. The molecule has 156 valence electrons. The zero-order valence-electron chi connectivity index (χ0n) is 17.6. The van der Waals surface area contributed by atoms with E-state index in [0.717, 1.165) is 61.8 Å². The van der Waals surface area contributed by atoms with Crippen LogP contribution in [0.5, 0.6) is 0 Å². The number of carbonyl (C=O) groups is 1. The second kappa shape index (κ2) is 10.0. The molecule has 1 saturated heterocycles. The van der Waals surface area contributed by atoms with Gasteiger partial charge in [-0.2, -0.15) is 0 Å². The fourth-order valence-corrected chi connectivity index (χ4v) is 4.72. The van der Waals surface area contributed by atoms with Crippen LogP contribution in [0, 0.1) is 0 Å². The Bertz CT molecular complexity index is 952. The van der Waals surface area contributed by atoms with Crippen LogP contribution in [-0.4, -0.2) is 46.9 Å². The number of aromatic nitrogens is 1. The number of hydrogen-bond donors (Lipinski definition) is 0. The summed E-state index contributed by atoms with van der Waals surface area (Å²) in [4.78, 5) is 22.1. The van der Waals surface area contributed by atoms with Crippen molar-refractivity contribution in [3.63, 3.8) is 0 Å². The summed E-state index contributed by atoms with van der Waals surface area (Å²) in [6.45, 7) is 6.70. The monoisotopic (exact) mass is 419 g/mol. The lowest BCUT2D eigenvalue weighted by Crippen LogP contribution is -2.36. The minimum absolute atomic E-state index is 0.190. The van der Waals surface area contributed by atoms with Gasteiger partial charge in [0.05, 0.1) is 12.1 Å². The van der Waals surface area contributed by atoms with Gasteiger partial charge in [-0.1, -0.05) is 61.5 Å². The van der Waals surface area contributed by atoms with Crippen LogP contribution in [0.2, 0.25) is 0 Å². The number of hydrogen-bond acceptors (Lipinski definition) is 4. The van der Waals surface area contributed by atoms with Crippen molar-refractivity contribution >= 4 is 17.2 Å². The first kappa shape index (κ1) is 20.8. The lowest BCUT2D eigenvalue weighted by atomic mass is 10.1. The number of rotatable bonds is 6. The average molecular weight is 420 g/mol. The number of amides is 1. The predicted octanol–water partition coefficient (Wildman–Crippen LogP) is 4.65. The van der Waals surface area contributed by atoms with E-state index in [2.05, 4.69) is 66.4 Å². The van der Waals surface area contributed by atoms with Crippen LogP contribution in [0.25, 0.3) is 10.6 Å². The third-order valence-electron chi connectivity index (χ3n) is 5.68. The van der Waals surface area contributed by atoms with Crippen LogP contribution in [0.4, 0.5) is 0 Å². The first-order chi connectivity index (χ1) is 14.7. The Hall–Kier alpha value is -2.50. The molecule has 0 radical (unpaired) electrons. The number of carbonyl (C=O) groups excluding carboxylic acids is 1. The third-order valence-corrected chi connectivity index (χ3v) is 6.62. The summed E-state index contributed by atoms with van der Waals surface area (Å²) in [7, 11) is 0. The fourth-order valence-electron chi connectivity index (χ4n) is 3.89. The molecule has 0 saturated carbocycles. The number of nitrogens with zero attached hydrogens (tertiary/aromatic N) is 3. The number of aryl methyl sites for hydroxylation is 1. The molecule has 0 spiro atoms. The zero-order valence-corrected chi connectivity index (χ0v) is 18.4. The van der Waals surface area contributed by atoms with Gasteiger partial charge in [0.25, 0.3) is 0 Å². The van der Waals surface area contributed by atoms with Crippen molar-refractivity contribution in [1.29, 1.82) is 0 Å². The van der Waals surface area contributed by atoms with Gasteiger partial charge in [-0.3, -0.25) is 9.69 Å². The Balaban J connectivity index is 1.32. The van der Waals surface area contributed by atoms with Gasteiger partial charge in [-0.25, -0.2) is 4.98 Å². The molecular formula is C25H29N3OS. The molecule has 0 unspecified atom stereocenters. The van der Waals surface area contributed by atoms with E-state index < -0.39 is 0 Å². The molecule has 30 heavy (non-hydrogen) atoms. The Morgan fingerprint density at radius 2 is 1.77 bits per heavy atom. The molecule has 4 nitrogen and oxygen atoms in total. The van der Waals surface area contributed by atoms with Gasteiger partial charge in [0, 0.05) is 43.7 Å². The Kier molecular flexibility index (Phi) is 6.92. The van der Waals surface area contributed by atoms with E-state index in [9.17, 15) is 4.79 Å². The van der Waals surface area contributed by atoms with E-state index >= 15 is 0 Å². The minimum Gasteiger partial charge on any atom is -0.341 e.